The summed E-state index contributed by atoms with van der Waals surface area (Å²) >= 11 is 3.10. The molecule has 0 spiro atoms. The third kappa shape index (κ3) is 24.2. The van der Waals surface area contributed by atoms with Crippen molar-refractivity contribution in [2.75, 3.05) is 58.1 Å². The van der Waals surface area contributed by atoms with Crippen LogP contribution in [0.3, 0.4) is 0 Å². The highest BCUT2D eigenvalue weighted by Gasteiger charge is 2.44. The molecular weight excluding hydrogens is 1170 g/mol. The van der Waals surface area contributed by atoms with Crippen LogP contribution in [0.2, 0.25) is 0 Å². The van der Waals surface area contributed by atoms with Crippen molar-refractivity contribution in [1.29, 1.82) is 0 Å². The molecule has 23 heteroatoms. The number of unbranched alkanes of at least 4 members (excludes halogenated alkanes) is 2. The molecule has 1 aliphatic heterocycles. The normalized spacial score (nSPS) is 17.0. The van der Waals surface area contributed by atoms with Crippen LogP contribution < -0.4 is 43.0 Å². The number of halogens is 1. The second-order valence-electron chi connectivity index (χ2n) is 23.8. The third-order valence-electron chi connectivity index (χ3n) is 16.0. The Hall–Kier alpha value is -6.17. The van der Waals surface area contributed by atoms with Gasteiger partial charge in [0, 0.05) is 53.0 Å². The zero-order valence-corrected chi connectivity index (χ0v) is 54.6. The lowest BCUT2D eigenvalue weighted by Crippen LogP contribution is -2.62. The number of benzene rings is 1. The molecule has 9 atom stereocenters. The molecule has 9 N–H and O–H groups in total. The number of hydrogen-bond acceptors (Lipinski definition) is 13. The summed E-state index contributed by atoms with van der Waals surface area (Å²) < 4.78 is 17.5. The topological polar surface area (TPSA) is 298 Å². The number of methoxy groups -OCH3 is 2. The number of likely N-dealkylation sites (tertiary alicyclic amines) is 1. The van der Waals surface area contributed by atoms with Crippen molar-refractivity contribution >= 4 is 75.0 Å². The number of nitrogens with zero attached hydrogens (tertiary/aromatic N) is 2. The Kier molecular flexibility index (Phi) is 32.9. The van der Waals surface area contributed by atoms with E-state index < -0.39 is 83.5 Å². The Bertz CT molecular complexity index is 2440. The number of carbonyl (C=O) groups excluding carboxylic acids is 9. The van der Waals surface area contributed by atoms with Gasteiger partial charge >= 0.3 is 6.09 Å². The number of ether oxygens (including phenoxy) is 3. The van der Waals surface area contributed by atoms with Crippen molar-refractivity contribution in [3.05, 3.63) is 66.3 Å². The Balaban J connectivity index is 1.60. The van der Waals surface area contributed by atoms with Gasteiger partial charge in [0.25, 0.3) is 0 Å². The maximum absolute atomic E-state index is 14.6. The van der Waals surface area contributed by atoms with Crippen LogP contribution in [0.4, 0.5) is 10.5 Å². The molecule has 1 saturated heterocycles. The van der Waals surface area contributed by atoms with Crippen molar-refractivity contribution in [3.8, 4) is 0 Å². The second-order valence-corrected chi connectivity index (χ2v) is 24.3. The molecule has 0 radical (unpaired) electrons. The lowest BCUT2D eigenvalue weighted by Gasteiger charge is -2.41. The van der Waals surface area contributed by atoms with Crippen LogP contribution in [-0.2, 0) is 59.2 Å². The first-order valence-corrected chi connectivity index (χ1v) is 31.7. The van der Waals surface area contributed by atoms with E-state index in [9.17, 15) is 43.2 Å². The van der Waals surface area contributed by atoms with Crippen LogP contribution >= 0.6 is 15.9 Å². The summed E-state index contributed by atoms with van der Waals surface area (Å²) in [5, 5.41) is 20.0. The first-order chi connectivity index (χ1) is 40.8. The SMILES string of the molecule is CCC(C)C(C(CC(=O)N1CCCC1C(OC)C(C)C(=O)NCCC1C=CC=CC=C1)OC)N(C)C(=O)C(NC(=O)C(C)(C)NC(=O)OCc1ccc(NC(=O)C(CCCN)NC(=O)C(NC(=O)CCCCCNC(=O)CBr)C(C)C)cc1)C(C)C. The standard InChI is InChI=1S/C63H101BrN10O12/c1-13-42(6)55(49(84-11)37-52(77)74-36-22-26-48(74)56(85-12)43(7)57(78)67-35-32-44-23-17-14-15-18-24-44)73(10)60(81)54(41(4)5)71-61(82)63(8,9)72-62(83)86-39-45-28-30-46(31-29-45)68-58(79)47(25-21-33-65)69-59(80)53(40(2)3)70-50(75)27-19-16-20-34-66-51(76)38-64/h14-15,17-18,23-24,28-31,40-44,47-49,53-56H,13,16,19-22,25-27,32-39,65H2,1-12H3,(H,66,76)(H,67,78)(H,68,79)(H,69,80)(H,70,75)(H,71,82)(H,72,83). The average molecular weight is 1270 g/mol. The molecule has 1 aliphatic carbocycles. The minimum Gasteiger partial charge on any atom is -0.445 e. The van der Waals surface area contributed by atoms with E-state index in [-0.39, 0.29) is 85.2 Å². The largest absolute Gasteiger partial charge is 0.445 e. The van der Waals surface area contributed by atoms with Crippen LogP contribution in [0.15, 0.2) is 60.7 Å². The summed E-state index contributed by atoms with van der Waals surface area (Å²) in [6.07, 6.45) is 15.6. The summed E-state index contributed by atoms with van der Waals surface area (Å²) in [6.45, 7) is 17.6. The summed E-state index contributed by atoms with van der Waals surface area (Å²) in [5.41, 5.74) is 5.19. The van der Waals surface area contributed by atoms with Crippen molar-refractivity contribution in [1.82, 2.24) is 41.7 Å². The molecule has 1 aromatic rings. The highest BCUT2D eigenvalue weighted by molar-refractivity contribution is 9.09. The van der Waals surface area contributed by atoms with Gasteiger partial charge in [-0.05, 0) is 107 Å². The first-order valence-electron chi connectivity index (χ1n) is 30.5. The smallest absolute Gasteiger partial charge is 0.408 e. The average Bonchev–Trinajstić information content (AvgIpc) is 1.99. The molecule has 22 nitrogen and oxygen atoms in total. The first kappa shape index (κ1) is 74.1. The molecule has 1 aromatic carbocycles. The number of allylic oxidation sites excluding steroid dienone is 6. The third-order valence-corrected chi connectivity index (χ3v) is 16.5. The maximum atomic E-state index is 14.6. The fourth-order valence-corrected chi connectivity index (χ4v) is 10.8. The minimum atomic E-state index is -1.55. The monoisotopic (exact) mass is 1270 g/mol. The molecule has 0 bridgehead atoms. The van der Waals surface area contributed by atoms with Gasteiger partial charge in [-0.1, -0.05) is 126 Å². The number of alkyl carbamates (subject to hydrolysis) is 1. The molecule has 1 heterocycles. The molecule has 2 aliphatic rings. The fourth-order valence-electron chi connectivity index (χ4n) is 10.6. The van der Waals surface area contributed by atoms with E-state index in [0.29, 0.717) is 69.4 Å². The van der Waals surface area contributed by atoms with Crippen LogP contribution in [0.25, 0.3) is 0 Å². The second kappa shape index (κ2) is 38.2. The lowest BCUT2D eigenvalue weighted by molar-refractivity contribution is -0.148. The van der Waals surface area contributed by atoms with Crippen LogP contribution in [0, 0.1) is 29.6 Å². The van der Waals surface area contributed by atoms with Crippen molar-refractivity contribution in [2.24, 2.45) is 35.3 Å². The van der Waals surface area contributed by atoms with Gasteiger partial charge in [0.2, 0.25) is 47.3 Å². The van der Waals surface area contributed by atoms with E-state index in [1.807, 2.05) is 45.1 Å². The predicted octanol–water partition coefficient (Wildman–Crippen LogP) is 5.93. The summed E-state index contributed by atoms with van der Waals surface area (Å²) in [7, 11) is 4.73. The Morgan fingerprint density at radius 1 is 0.779 bits per heavy atom. The van der Waals surface area contributed by atoms with E-state index in [2.05, 4.69) is 65.3 Å². The van der Waals surface area contributed by atoms with Crippen LogP contribution in [0.1, 0.15) is 139 Å². The zero-order valence-electron chi connectivity index (χ0n) is 53.0. The van der Waals surface area contributed by atoms with Gasteiger partial charge < -0.3 is 67.0 Å². The van der Waals surface area contributed by atoms with Crippen LogP contribution in [0.5, 0.6) is 0 Å². The number of carbonyl (C=O) groups is 9. The summed E-state index contributed by atoms with van der Waals surface area (Å²) in [4.78, 5) is 124. The zero-order chi connectivity index (χ0) is 64.1. The number of rotatable bonds is 37. The van der Waals surface area contributed by atoms with Gasteiger partial charge in [-0.15, -0.1) is 0 Å². The number of hydrogen-bond donors (Lipinski definition) is 8. The molecule has 0 saturated carbocycles. The van der Waals surface area contributed by atoms with Crippen molar-refractivity contribution in [3.63, 3.8) is 0 Å². The molecule has 482 valence electrons. The maximum Gasteiger partial charge on any atom is 0.408 e. The van der Waals surface area contributed by atoms with E-state index in [1.54, 1.807) is 75.9 Å². The molecule has 1 fully saturated rings. The van der Waals surface area contributed by atoms with Gasteiger partial charge in [-0.2, -0.15) is 0 Å². The van der Waals surface area contributed by atoms with E-state index in [4.69, 9.17) is 19.9 Å². The number of nitrogens with one attached hydrogen (secondary N) is 7. The van der Waals surface area contributed by atoms with Crippen molar-refractivity contribution < 1.29 is 57.4 Å². The lowest BCUT2D eigenvalue weighted by atomic mass is 9.89. The highest BCUT2D eigenvalue weighted by Crippen LogP contribution is 2.30. The van der Waals surface area contributed by atoms with Gasteiger partial charge in [0.05, 0.1) is 42.0 Å². The molecule has 0 aromatic heterocycles. The molecule has 86 heavy (non-hydrogen) atoms. The molecule has 3 rings (SSSR count). The van der Waals surface area contributed by atoms with Gasteiger partial charge in [0.1, 0.15) is 30.3 Å². The van der Waals surface area contributed by atoms with E-state index in [0.717, 1.165) is 12.8 Å². The summed E-state index contributed by atoms with van der Waals surface area (Å²) in [5.74, 6) is -3.91. The number of likely N-dealkylation sites (N-methyl/N-ethyl adjacent to an activating group) is 1. The number of alkyl halides is 1. The molecule has 9 unspecified atom stereocenters. The van der Waals surface area contributed by atoms with Gasteiger partial charge in [-0.25, -0.2) is 4.79 Å². The van der Waals surface area contributed by atoms with Crippen molar-refractivity contribution in [2.45, 2.75) is 188 Å². The molecular formula is C63H101BrN10O12. The number of amides is 9. The Morgan fingerprint density at radius 3 is 2.03 bits per heavy atom. The number of nitrogens with two attached hydrogens (primary N) is 1. The predicted molar refractivity (Wildman–Crippen MR) is 336 cm³/mol. The highest BCUT2D eigenvalue weighted by atomic mass is 79.9. The van der Waals surface area contributed by atoms with E-state index >= 15 is 0 Å². The van der Waals surface area contributed by atoms with E-state index in [1.165, 1.54) is 21.0 Å². The summed E-state index contributed by atoms with van der Waals surface area (Å²) in [6, 6.07) is 2.69. The Labute approximate surface area is 519 Å². The fraction of sp³-hybridized carbons (Fsp3) is 0.667. The van der Waals surface area contributed by atoms with Crippen LogP contribution in [-0.4, -0.2) is 164 Å². The minimum absolute atomic E-state index is 0.0429. The number of anilines is 1. The quantitative estimate of drug-likeness (QED) is 0.0283. The van der Waals surface area contributed by atoms with Gasteiger partial charge in [0.15, 0.2) is 0 Å². The van der Waals surface area contributed by atoms with Gasteiger partial charge in [-0.3, -0.25) is 38.4 Å². The Morgan fingerprint density at radius 2 is 1.44 bits per heavy atom. The molecule has 9 amide bonds.